The molecule has 9 aromatic rings. The number of carbonyl (C=O) groups excluding carboxylic acids is 3. The first-order valence-corrected chi connectivity index (χ1v) is 38.9. The number of ether oxygens (including phenoxy) is 3. The number of esters is 3. The van der Waals surface area contributed by atoms with Crippen molar-refractivity contribution in [1.82, 2.24) is 19.9 Å². The molecule has 0 amide bonds. The van der Waals surface area contributed by atoms with Gasteiger partial charge in [-0.2, -0.15) is 0 Å². The Kier molecular flexibility index (Phi) is 30.2. The van der Waals surface area contributed by atoms with Crippen molar-refractivity contribution in [3.8, 4) is 0 Å². The summed E-state index contributed by atoms with van der Waals surface area (Å²) in [5.74, 6) is -5.41. The molecule has 5 aromatic carbocycles. The van der Waals surface area contributed by atoms with Gasteiger partial charge in [-0.05, 0) is 104 Å². The summed E-state index contributed by atoms with van der Waals surface area (Å²) < 4.78 is 67.8. The van der Waals surface area contributed by atoms with Gasteiger partial charge in [0.25, 0.3) is 0 Å². The molecule has 0 aliphatic heterocycles. The average molecular weight is 1600 g/mol. The number of carboxylic acid groups (broad SMARTS) is 1. The molecule has 4 N–H and O–H groups in total. The van der Waals surface area contributed by atoms with E-state index in [0.717, 1.165) is 40.9 Å². The number of aromatic amines is 1. The number of pyridine rings is 4. The minimum atomic E-state index is -1.02. The second-order valence-corrected chi connectivity index (χ2v) is 36.6. The van der Waals surface area contributed by atoms with E-state index < -0.39 is 52.6 Å². The Morgan fingerprint density at radius 1 is 0.622 bits per heavy atom. The Labute approximate surface area is 552 Å². The van der Waals surface area contributed by atoms with Crippen LogP contribution >= 0.6 is 60.6 Å². The third kappa shape index (κ3) is 20.9. The maximum Gasteiger partial charge on any atom is 0.343 e. The third-order valence-electron chi connectivity index (χ3n) is 11.0. The van der Waals surface area contributed by atoms with E-state index in [-0.39, 0.29) is 115 Å². The van der Waals surface area contributed by atoms with Gasteiger partial charge in [-0.3, -0.25) is 19.7 Å². The van der Waals surface area contributed by atoms with Crippen molar-refractivity contribution in [2.45, 2.75) is 58.6 Å². The number of carboxylic acids is 1. The van der Waals surface area contributed by atoms with E-state index in [1.165, 1.54) is 55.0 Å². The summed E-state index contributed by atoms with van der Waals surface area (Å²) in [4.78, 5) is 89.1. The number of carbonyl (C=O) groups is 4. The largest absolute Gasteiger partial charge is 0.478 e. The number of nitrogen functional groups attached to an aromatic ring is 1. The maximum absolute atomic E-state index is 13.7. The fraction of sp³-hybridized carbons (Fsp3) is 0.177. The molecular formula is C62H49ClF4I3N10O9S-. The molecule has 0 radical (unpaired) electrons. The number of nitrogens with two attached hydrogens (primary N) is 1. The van der Waals surface area contributed by atoms with Crippen molar-refractivity contribution in [2.75, 3.05) is 25.6 Å². The predicted octanol–water partition coefficient (Wildman–Crippen LogP) is 15.0. The average Bonchev–Trinajstić information content (AvgIpc) is 0.834. The molecule has 0 atom stereocenters. The molecule has 90 heavy (non-hydrogen) atoms. The van der Waals surface area contributed by atoms with Crippen LogP contribution in [0.4, 0.5) is 51.7 Å². The predicted molar refractivity (Wildman–Crippen MR) is 352 cm³/mol. The van der Waals surface area contributed by atoms with Crippen molar-refractivity contribution in [3.63, 3.8) is 0 Å². The van der Waals surface area contributed by atoms with Gasteiger partial charge < -0.3 is 30.0 Å². The number of aromatic nitrogens is 4. The van der Waals surface area contributed by atoms with Crippen LogP contribution in [0.25, 0.3) is 67.8 Å². The number of nitrogens with zero attached hydrogens (tertiary/aromatic N) is 8. The Bertz CT molecular complexity index is 4470. The van der Waals surface area contributed by atoms with Crippen LogP contribution in [0.5, 0.6) is 0 Å². The summed E-state index contributed by atoms with van der Waals surface area (Å²) in [6.45, 7) is 46.1. The van der Waals surface area contributed by atoms with Gasteiger partial charge in [0.05, 0.1) is 91.1 Å². The SMILES string of the molecule is C.I[I-]I.[C-]#[N+]c1cc(F)c2[nH]cc(C(=O)OCC)c(=O)c2c1.[C-]#[N+]c1cc(F)c2ncc(C(=O)OCC)c(Cl)c2c1.[C-]#[N+]c1cc(F)c2ncc(C(=O)OCC)cc2c1.[C-]#[N+]c1cc(SC(C)(C)C)c2ncc(C(=O)O)cc2c1.[C-]#[N+]c1ccc(N)c(F)c1. The summed E-state index contributed by atoms with van der Waals surface area (Å²) in [6.07, 6.45) is 4.91. The standard InChI is InChI=1S/C15H14N2O2S.C13H8ClFN2O2.C13H9FN2O3.C13H9FN2O2.C7H5FN2.CH4.I3/c1-15(2,3)20-12-7-11(16-4)6-9-5-10(14(18)19)8-17-13(9)12;1-3-19-13(18)9-6-17-12-8(11(9)14)4-7(16-2)5-10(12)15;1-3-19-13(18)9-6-16-11-8(12(9)17)4-7(15-2)5-10(11)14;1-3-18-13(17)9-4-8-5-10(15-2)6-11(14)12(8)16-7-9;1-10-5-2-3-7(9)6(8)4-5;;1-3-2/h5-8H,1-3H3,(H,18,19);4-6H,3H2,1H3;4-6H,3H2,1H3,(H,16,17);4-7H,3H2,1H3;2-4H,9H2;1H4;/q;;;;;;-1. The zero-order valence-electron chi connectivity index (χ0n) is 47.2. The van der Waals surface area contributed by atoms with E-state index in [4.69, 9.17) is 69.5 Å². The molecule has 0 aliphatic rings. The van der Waals surface area contributed by atoms with Gasteiger partial charge in [0, 0.05) is 45.2 Å². The summed E-state index contributed by atoms with van der Waals surface area (Å²) in [6, 6.07) is 17.8. The zero-order chi connectivity index (χ0) is 66.3. The number of H-pyrrole nitrogens is 1. The van der Waals surface area contributed by atoms with Crippen molar-refractivity contribution in [1.29, 1.82) is 0 Å². The van der Waals surface area contributed by atoms with Gasteiger partial charge in [0.1, 0.15) is 39.9 Å². The van der Waals surface area contributed by atoms with Crippen LogP contribution in [0.2, 0.25) is 5.02 Å². The normalized spacial score (nSPS) is 10.0. The first kappa shape index (κ1) is 75.5. The number of nitrogens with one attached hydrogen (secondary N) is 1. The van der Waals surface area contributed by atoms with E-state index in [2.05, 4.69) is 102 Å². The maximum atomic E-state index is 13.7. The van der Waals surface area contributed by atoms with Crippen LogP contribution in [0.15, 0.2) is 113 Å². The number of aromatic carboxylic acids is 1. The van der Waals surface area contributed by atoms with Crippen LogP contribution in [0.1, 0.15) is 90.4 Å². The number of hydrogen-bond donors (Lipinski definition) is 3. The Morgan fingerprint density at radius 3 is 1.60 bits per heavy atom. The Morgan fingerprint density at radius 2 is 1.07 bits per heavy atom. The van der Waals surface area contributed by atoms with Gasteiger partial charge >= 0.3 is 74.4 Å². The summed E-state index contributed by atoms with van der Waals surface area (Å²) in [5.41, 5.74) is 6.68. The molecule has 19 nitrogen and oxygen atoms in total. The Balaban J connectivity index is 0.000000293. The Hall–Kier alpha value is -8.78. The van der Waals surface area contributed by atoms with E-state index in [0.29, 0.717) is 29.7 Å². The van der Waals surface area contributed by atoms with E-state index >= 15 is 0 Å². The third-order valence-corrected chi connectivity index (χ3v) is 12.6. The number of hydrogen-bond acceptors (Lipinski definition) is 13. The quantitative estimate of drug-likeness (QED) is 0.0244. The van der Waals surface area contributed by atoms with Gasteiger partial charge in [0.15, 0.2) is 28.4 Å². The number of thioether (sulfide) groups is 1. The molecular weight excluding hydrogens is 1550 g/mol. The molecule has 0 bridgehead atoms. The van der Waals surface area contributed by atoms with Gasteiger partial charge in [-0.25, -0.2) is 61.0 Å². The van der Waals surface area contributed by atoms with Crippen molar-refractivity contribution in [3.05, 3.63) is 222 Å². The van der Waals surface area contributed by atoms with Crippen molar-refractivity contribution < 1.29 is 69.3 Å². The molecule has 4 aromatic heterocycles. The fourth-order valence-electron chi connectivity index (χ4n) is 7.29. The molecule has 0 fully saturated rings. The summed E-state index contributed by atoms with van der Waals surface area (Å²) in [5, 5.41) is 10.3. The first-order valence-electron chi connectivity index (χ1n) is 25.2. The van der Waals surface area contributed by atoms with Crippen molar-refractivity contribution >= 4 is 162 Å². The second-order valence-electron chi connectivity index (χ2n) is 18.2. The van der Waals surface area contributed by atoms with Gasteiger partial charge in [0.2, 0.25) is 5.43 Å². The number of halogens is 8. The first-order chi connectivity index (χ1) is 42.3. The molecule has 0 aliphatic carbocycles. The zero-order valence-corrected chi connectivity index (χ0v) is 55.3. The second kappa shape index (κ2) is 36.0. The molecule has 0 saturated heterocycles. The topological polar surface area (TPSA) is 236 Å². The van der Waals surface area contributed by atoms with Crippen LogP contribution in [0, 0.1) is 56.1 Å². The molecule has 28 heteroatoms. The number of anilines is 1. The van der Waals surface area contributed by atoms with E-state index in [9.17, 15) is 41.5 Å². The fourth-order valence-corrected chi connectivity index (χ4v) is 8.66. The van der Waals surface area contributed by atoms with E-state index in [1.54, 1.807) is 50.7 Å². The van der Waals surface area contributed by atoms with Crippen LogP contribution in [0.3, 0.4) is 0 Å². The molecule has 464 valence electrons. The van der Waals surface area contributed by atoms with E-state index in [1.807, 2.05) is 0 Å². The molecule has 0 saturated carbocycles. The smallest absolute Gasteiger partial charge is 0.343 e. The number of benzene rings is 5. The molecule has 0 unspecified atom stereocenters. The monoisotopic (exact) mass is 1600 g/mol. The number of rotatable bonds is 8. The molecule has 0 spiro atoms. The van der Waals surface area contributed by atoms with Crippen LogP contribution in [-0.2, 0) is 14.2 Å². The van der Waals surface area contributed by atoms with Crippen LogP contribution < -0.4 is 24.4 Å². The molecule has 9 rings (SSSR count). The van der Waals surface area contributed by atoms with Crippen molar-refractivity contribution in [2.24, 2.45) is 0 Å². The minimum Gasteiger partial charge on any atom is -0.478 e. The van der Waals surface area contributed by atoms with Gasteiger partial charge in [-0.1, -0.05) is 45.9 Å². The summed E-state index contributed by atoms with van der Waals surface area (Å²) in [7, 11) is 0. The molecule has 4 heterocycles. The summed E-state index contributed by atoms with van der Waals surface area (Å²) >= 11 is 13.0. The van der Waals surface area contributed by atoms with Gasteiger partial charge in [-0.15, -0.1) is 11.8 Å². The minimum absolute atomic E-state index is 0. The number of fused-ring (bicyclic) bond motifs is 4. The van der Waals surface area contributed by atoms with Crippen LogP contribution in [-0.4, -0.2) is 73.5 Å².